The number of rotatable bonds is 5. The zero-order valence-electron chi connectivity index (χ0n) is 19.6. The third-order valence-electron chi connectivity index (χ3n) is 6.96. The molecule has 5 rings (SSSR count). The average molecular weight is 462 g/mol. The fourth-order valence-corrected chi connectivity index (χ4v) is 4.90. The van der Waals surface area contributed by atoms with Crippen molar-refractivity contribution >= 4 is 29.1 Å². The van der Waals surface area contributed by atoms with E-state index in [4.69, 9.17) is 4.98 Å². The molecule has 2 aromatic heterocycles. The number of aliphatic hydroxyl groups is 1. The Bertz CT molecular complexity index is 1270. The number of halogens is 1. The van der Waals surface area contributed by atoms with Crippen LogP contribution in [-0.4, -0.2) is 21.2 Å². The van der Waals surface area contributed by atoms with E-state index in [1.54, 1.807) is 0 Å². The number of fused-ring (bicyclic) bond motifs is 2. The summed E-state index contributed by atoms with van der Waals surface area (Å²) in [6, 6.07) is 21.4. The minimum absolute atomic E-state index is 0. The smallest absolute Gasteiger partial charge is 0.153 e. The minimum Gasteiger partial charge on any atom is -0.387 e. The lowest BCUT2D eigenvalue weighted by atomic mass is 9.99. The highest BCUT2D eigenvalue weighted by molar-refractivity contribution is 5.94. The van der Waals surface area contributed by atoms with E-state index >= 15 is 0 Å². The van der Waals surface area contributed by atoms with E-state index < -0.39 is 6.10 Å². The summed E-state index contributed by atoms with van der Waals surface area (Å²) in [5, 5.41) is 11.9. The number of anilines is 1. The van der Waals surface area contributed by atoms with Crippen LogP contribution in [0.15, 0.2) is 60.7 Å². The number of hydrogen-bond acceptors (Lipinski definition) is 3. The first-order chi connectivity index (χ1) is 15.6. The second-order valence-corrected chi connectivity index (χ2v) is 8.91. The second kappa shape index (κ2) is 9.58. The van der Waals surface area contributed by atoms with E-state index in [0.717, 1.165) is 37.6 Å². The highest BCUT2D eigenvalue weighted by Crippen LogP contribution is 2.36. The topological polar surface area (TPSA) is 41.3 Å². The maximum absolute atomic E-state index is 10.7. The van der Waals surface area contributed by atoms with E-state index in [1.165, 1.54) is 38.9 Å². The predicted octanol–water partition coefficient (Wildman–Crippen LogP) is 6.13. The number of aromatic nitrogens is 2. The molecule has 4 nitrogen and oxygen atoms in total. The Labute approximate surface area is 202 Å². The molecule has 3 heterocycles. The number of benzene rings is 2. The van der Waals surface area contributed by atoms with Gasteiger partial charge >= 0.3 is 0 Å². The van der Waals surface area contributed by atoms with Gasteiger partial charge in [-0.2, -0.15) is 0 Å². The molecule has 1 unspecified atom stereocenters. The molecule has 0 amide bonds. The lowest BCUT2D eigenvalue weighted by molar-refractivity contribution is 0.169. The van der Waals surface area contributed by atoms with Crippen LogP contribution in [0.3, 0.4) is 0 Å². The van der Waals surface area contributed by atoms with E-state index in [2.05, 4.69) is 84.0 Å². The van der Waals surface area contributed by atoms with Crippen LogP contribution < -0.4 is 4.90 Å². The van der Waals surface area contributed by atoms with Crippen molar-refractivity contribution in [3.63, 3.8) is 0 Å². The largest absolute Gasteiger partial charge is 0.387 e. The van der Waals surface area contributed by atoms with Crippen LogP contribution >= 0.6 is 12.4 Å². The molecule has 0 radical (unpaired) electrons. The number of hydrogen-bond donors (Lipinski definition) is 1. The summed E-state index contributed by atoms with van der Waals surface area (Å²) in [4.78, 5) is 7.48. The summed E-state index contributed by atoms with van der Waals surface area (Å²) in [6.45, 7) is 8.98. The number of aryl methyl sites for hydroxylation is 1. The lowest BCUT2D eigenvalue weighted by Gasteiger charge is -2.31. The van der Waals surface area contributed by atoms with Gasteiger partial charge in [-0.3, -0.25) is 0 Å². The average Bonchev–Trinajstić information content (AvgIpc) is 3.08. The molecule has 0 aliphatic carbocycles. The van der Waals surface area contributed by atoms with Gasteiger partial charge in [-0.15, -0.1) is 12.4 Å². The van der Waals surface area contributed by atoms with Gasteiger partial charge in [0.05, 0.1) is 17.3 Å². The first kappa shape index (κ1) is 23.3. The summed E-state index contributed by atoms with van der Waals surface area (Å²) in [5.41, 5.74) is 8.54. The quantitative estimate of drug-likeness (QED) is 0.388. The Morgan fingerprint density at radius 2 is 1.70 bits per heavy atom. The zero-order valence-corrected chi connectivity index (χ0v) is 20.4. The van der Waals surface area contributed by atoms with Gasteiger partial charge in [0.25, 0.3) is 0 Å². The van der Waals surface area contributed by atoms with Gasteiger partial charge in [-0.25, -0.2) is 4.98 Å². The lowest BCUT2D eigenvalue weighted by Crippen LogP contribution is -2.31. The van der Waals surface area contributed by atoms with E-state index in [-0.39, 0.29) is 12.4 Å². The summed E-state index contributed by atoms with van der Waals surface area (Å²) >= 11 is 0. The van der Waals surface area contributed by atoms with Gasteiger partial charge < -0.3 is 14.6 Å². The Balaban J connectivity index is 0.00000259. The number of pyridine rings is 1. The SMILES string of the molecule is CCC(O)c1cc2c(C)c(C)n(Cc3ccccc3)c2c(N2CCc3ccccc3C2)n1.Cl. The van der Waals surface area contributed by atoms with Crippen LogP contribution in [0.25, 0.3) is 10.9 Å². The molecular formula is C28H32ClN3O. The fourth-order valence-electron chi connectivity index (χ4n) is 4.90. The van der Waals surface area contributed by atoms with Crippen LogP contribution in [-0.2, 0) is 19.5 Å². The minimum atomic E-state index is -0.549. The van der Waals surface area contributed by atoms with Gasteiger partial charge in [0.1, 0.15) is 0 Å². The molecule has 1 aliphatic rings. The maximum atomic E-state index is 10.7. The fraction of sp³-hybridized carbons (Fsp3) is 0.321. The van der Waals surface area contributed by atoms with E-state index in [1.807, 2.05) is 6.92 Å². The Morgan fingerprint density at radius 3 is 2.42 bits per heavy atom. The van der Waals surface area contributed by atoms with Crippen molar-refractivity contribution in [2.45, 2.75) is 52.8 Å². The molecule has 33 heavy (non-hydrogen) atoms. The normalized spacial score (nSPS) is 14.1. The first-order valence-corrected chi connectivity index (χ1v) is 11.6. The molecule has 0 fully saturated rings. The highest BCUT2D eigenvalue weighted by atomic mass is 35.5. The van der Waals surface area contributed by atoms with Crippen molar-refractivity contribution in [3.05, 3.63) is 94.3 Å². The number of nitrogens with zero attached hydrogens (tertiary/aromatic N) is 3. The van der Waals surface area contributed by atoms with E-state index in [9.17, 15) is 5.11 Å². The van der Waals surface area contributed by atoms with Crippen LogP contribution in [0.4, 0.5) is 5.82 Å². The summed E-state index contributed by atoms with van der Waals surface area (Å²) < 4.78 is 2.41. The maximum Gasteiger partial charge on any atom is 0.153 e. The van der Waals surface area contributed by atoms with Crippen molar-refractivity contribution in [2.24, 2.45) is 0 Å². The standard InChI is InChI=1S/C28H31N3O.ClH/c1-4-26(32)25-16-24-19(2)20(3)31(17-21-10-6-5-7-11-21)27(24)28(29-25)30-15-14-22-12-8-9-13-23(22)18-30;/h5-13,16,26,32H,4,14-15,17-18H2,1-3H3;1H. The molecule has 0 bridgehead atoms. The van der Waals surface area contributed by atoms with Crippen molar-refractivity contribution in [1.82, 2.24) is 9.55 Å². The molecule has 4 aromatic rings. The van der Waals surface area contributed by atoms with Crippen LogP contribution in [0.1, 0.15) is 53.1 Å². The Morgan fingerprint density at radius 1 is 1.00 bits per heavy atom. The second-order valence-electron chi connectivity index (χ2n) is 8.91. The zero-order chi connectivity index (χ0) is 22.2. The molecule has 1 aliphatic heterocycles. The summed E-state index contributed by atoms with van der Waals surface area (Å²) in [5.74, 6) is 0.992. The van der Waals surface area contributed by atoms with Gasteiger partial charge in [-0.05, 0) is 55.0 Å². The van der Waals surface area contributed by atoms with E-state index in [0.29, 0.717) is 6.42 Å². The van der Waals surface area contributed by atoms with Crippen molar-refractivity contribution in [3.8, 4) is 0 Å². The molecule has 5 heteroatoms. The molecule has 0 spiro atoms. The van der Waals surface area contributed by atoms with Crippen molar-refractivity contribution in [1.29, 1.82) is 0 Å². The monoisotopic (exact) mass is 461 g/mol. The third-order valence-corrected chi connectivity index (χ3v) is 6.96. The third kappa shape index (κ3) is 4.25. The van der Waals surface area contributed by atoms with Crippen molar-refractivity contribution in [2.75, 3.05) is 11.4 Å². The molecule has 1 atom stereocenters. The van der Waals surface area contributed by atoms with Crippen LogP contribution in [0, 0.1) is 13.8 Å². The molecule has 0 saturated carbocycles. The predicted molar refractivity (Wildman–Crippen MR) is 138 cm³/mol. The molecule has 172 valence electrons. The van der Waals surface area contributed by atoms with Gasteiger partial charge in [0, 0.05) is 30.7 Å². The summed E-state index contributed by atoms with van der Waals surface area (Å²) in [7, 11) is 0. The van der Waals surface area contributed by atoms with Crippen LogP contribution in [0.5, 0.6) is 0 Å². The van der Waals surface area contributed by atoms with Gasteiger partial charge in [0.15, 0.2) is 5.82 Å². The van der Waals surface area contributed by atoms with Crippen LogP contribution in [0.2, 0.25) is 0 Å². The first-order valence-electron chi connectivity index (χ1n) is 11.6. The van der Waals surface area contributed by atoms with Gasteiger partial charge in [0.2, 0.25) is 0 Å². The van der Waals surface area contributed by atoms with Gasteiger partial charge in [-0.1, -0.05) is 61.5 Å². The molecular weight excluding hydrogens is 430 g/mol. The van der Waals surface area contributed by atoms with Crippen molar-refractivity contribution < 1.29 is 5.11 Å². The number of aliphatic hydroxyl groups excluding tert-OH is 1. The Hall–Kier alpha value is -2.82. The molecule has 0 saturated heterocycles. The molecule has 1 N–H and O–H groups in total. The molecule has 2 aromatic carbocycles. The highest BCUT2D eigenvalue weighted by Gasteiger charge is 2.25. The summed E-state index contributed by atoms with van der Waals surface area (Å²) in [6.07, 6.45) is 1.12. The Kier molecular flexibility index (Phi) is 6.78.